The average molecular weight is 474 g/mol. The van der Waals surface area contributed by atoms with E-state index in [9.17, 15) is 4.79 Å². The third kappa shape index (κ3) is 5.90. The van der Waals surface area contributed by atoms with E-state index in [1.165, 1.54) is 30.5 Å². The summed E-state index contributed by atoms with van der Waals surface area (Å²) in [5.41, 5.74) is 1.25. The molecule has 1 amide bonds. The number of anilines is 1. The summed E-state index contributed by atoms with van der Waals surface area (Å²) in [6.07, 6.45) is 8.67. The second-order valence-electron chi connectivity index (χ2n) is 6.93. The molecule has 0 saturated heterocycles. The maximum Gasteiger partial charge on any atom is 0.280 e. The summed E-state index contributed by atoms with van der Waals surface area (Å²) >= 11 is 2.88. The summed E-state index contributed by atoms with van der Waals surface area (Å²) in [4.78, 5) is 35.0. The molecule has 0 radical (unpaired) electrons. The third-order valence-electron chi connectivity index (χ3n) is 4.40. The smallest absolute Gasteiger partial charge is 0.280 e. The van der Waals surface area contributed by atoms with Crippen LogP contribution in [0.1, 0.15) is 41.3 Å². The first-order chi connectivity index (χ1) is 15.7. The van der Waals surface area contributed by atoms with Gasteiger partial charge in [-0.05, 0) is 31.7 Å². The van der Waals surface area contributed by atoms with Gasteiger partial charge in [0.15, 0.2) is 5.01 Å². The number of hydrogen-bond acceptors (Lipinski definition) is 11. The molecular weight excluding hydrogens is 450 g/mol. The molecule has 32 heavy (non-hydrogen) atoms. The van der Waals surface area contributed by atoms with Crippen molar-refractivity contribution in [2.45, 2.75) is 31.1 Å². The molecule has 1 fully saturated rings. The van der Waals surface area contributed by atoms with Crippen molar-refractivity contribution in [3.05, 3.63) is 41.7 Å². The summed E-state index contributed by atoms with van der Waals surface area (Å²) < 4.78 is 13.9. The fraction of sp³-hybridized carbons (Fsp3) is 0.400. The van der Waals surface area contributed by atoms with E-state index in [0.29, 0.717) is 40.0 Å². The lowest BCUT2D eigenvalue weighted by Crippen LogP contribution is -2.32. The van der Waals surface area contributed by atoms with Crippen molar-refractivity contribution in [3.63, 3.8) is 0 Å². The Morgan fingerprint density at radius 2 is 2.16 bits per heavy atom. The van der Waals surface area contributed by atoms with Crippen LogP contribution in [-0.4, -0.2) is 56.4 Å². The van der Waals surface area contributed by atoms with Gasteiger partial charge in [-0.25, -0.2) is 19.9 Å². The first kappa shape index (κ1) is 22.4. The maximum absolute atomic E-state index is 12.9. The average Bonchev–Trinajstić information content (AvgIpc) is 3.51. The van der Waals surface area contributed by atoms with Crippen LogP contribution < -0.4 is 14.8 Å². The highest BCUT2D eigenvalue weighted by Crippen LogP contribution is 2.34. The Morgan fingerprint density at radius 3 is 2.94 bits per heavy atom. The monoisotopic (exact) mass is 473 g/mol. The zero-order valence-corrected chi connectivity index (χ0v) is 19.3. The van der Waals surface area contributed by atoms with Crippen LogP contribution in [0.25, 0.3) is 10.6 Å². The molecule has 0 spiro atoms. The summed E-state index contributed by atoms with van der Waals surface area (Å²) in [5, 5.41) is 3.90. The van der Waals surface area contributed by atoms with E-state index in [2.05, 4.69) is 35.0 Å². The lowest BCUT2D eigenvalue weighted by Gasteiger charge is -2.17. The van der Waals surface area contributed by atoms with E-state index in [4.69, 9.17) is 9.47 Å². The first-order valence-electron chi connectivity index (χ1n) is 10.1. The molecule has 3 heterocycles. The second kappa shape index (κ2) is 10.7. The number of hydrogen-bond donors (Lipinski definition) is 2. The van der Waals surface area contributed by atoms with Crippen LogP contribution >= 0.6 is 23.3 Å². The van der Waals surface area contributed by atoms with E-state index in [1.807, 2.05) is 13.0 Å². The number of methoxy groups -OCH3 is 1. The Morgan fingerprint density at radius 1 is 1.28 bits per heavy atom. The highest BCUT2D eigenvalue weighted by Gasteiger charge is 2.23. The summed E-state index contributed by atoms with van der Waals surface area (Å²) in [6.45, 7) is 2.63. The Hall–Kier alpha value is -2.83. The number of nitrogens with one attached hydrogen (secondary N) is 2. The Bertz CT molecular complexity index is 1060. The van der Waals surface area contributed by atoms with Gasteiger partial charge in [0, 0.05) is 24.6 Å². The largest absolute Gasteiger partial charge is 0.477 e. The minimum absolute atomic E-state index is 0.262. The molecule has 0 aliphatic heterocycles. The van der Waals surface area contributed by atoms with Crippen molar-refractivity contribution in [2.24, 2.45) is 0 Å². The van der Waals surface area contributed by atoms with E-state index < -0.39 is 6.04 Å². The van der Waals surface area contributed by atoms with Crippen LogP contribution in [0.3, 0.4) is 0 Å². The van der Waals surface area contributed by atoms with Crippen molar-refractivity contribution in [1.82, 2.24) is 30.2 Å². The van der Waals surface area contributed by atoms with Crippen LogP contribution in [0.15, 0.2) is 31.0 Å². The zero-order valence-electron chi connectivity index (χ0n) is 17.6. The van der Waals surface area contributed by atoms with E-state index in [-0.39, 0.29) is 12.5 Å². The van der Waals surface area contributed by atoms with Crippen LogP contribution in [0.2, 0.25) is 0 Å². The minimum Gasteiger partial charge on any atom is -0.477 e. The van der Waals surface area contributed by atoms with Crippen molar-refractivity contribution < 1.29 is 14.3 Å². The molecule has 10 nitrogen and oxygen atoms in total. The van der Waals surface area contributed by atoms with Crippen molar-refractivity contribution in [3.8, 4) is 16.5 Å². The van der Waals surface area contributed by atoms with E-state index in [1.54, 1.807) is 37.6 Å². The number of rotatable bonds is 11. The lowest BCUT2D eigenvalue weighted by atomic mass is 10.2. The second-order valence-corrected chi connectivity index (χ2v) is 9.07. The van der Waals surface area contributed by atoms with Gasteiger partial charge < -0.3 is 19.5 Å². The van der Waals surface area contributed by atoms with Crippen LogP contribution in [0.5, 0.6) is 5.88 Å². The predicted octanol–water partition coefficient (Wildman–Crippen LogP) is 3.13. The number of aromatic nitrogens is 5. The Balaban J connectivity index is 1.45. The van der Waals surface area contributed by atoms with Gasteiger partial charge in [-0.15, -0.1) is 11.3 Å². The summed E-state index contributed by atoms with van der Waals surface area (Å²) in [7, 11) is 1.58. The Labute approximate surface area is 193 Å². The number of ether oxygens (including phenoxy) is 2. The molecule has 1 atom stereocenters. The topological polar surface area (TPSA) is 124 Å². The summed E-state index contributed by atoms with van der Waals surface area (Å²) in [6, 6.07) is 1.37. The van der Waals surface area contributed by atoms with Gasteiger partial charge in [0.25, 0.3) is 5.91 Å². The maximum atomic E-state index is 12.9. The molecule has 2 N–H and O–H groups in total. The van der Waals surface area contributed by atoms with Gasteiger partial charge in [0.1, 0.15) is 17.8 Å². The molecule has 1 saturated carbocycles. The quantitative estimate of drug-likeness (QED) is 0.401. The number of amides is 1. The van der Waals surface area contributed by atoms with Crippen molar-refractivity contribution >= 4 is 35.0 Å². The van der Waals surface area contributed by atoms with Gasteiger partial charge in [-0.2, -0.15) is 0 Å². The Kier molecular flexibility index (Phi) is 7.45. The number of thiazole rings is 1. The van der Waals surface area contributed by atoms with Crippen molar-refractivity contribution in [1.29, 1.82) is 0 Å². The SMILES string of the molecule is CCOc1cncc(-c2cnc(C(=O)NC(COC)c3cc(NSC4CC4)ncn3)s2)n1. The van der Waals surface area contributed by atoms with E-state index >= 15 is 0 Å². The number of nitrogens with zero attached hydrogens (tertiary/aromatic N) is 5. The molecule has 12 heteroatoms. The molecule has 3 aromatic rings. The highest BCUT2D eigenvalue weighted by molar-refractivity contribution is 8.01. The molecule has 1 aliphatic carbocycles. The zero-order chi connectivity index (χ0) is 22.3. The highest BCUT2D eigenvalue weighted by atomic mass is 32.2. The predicted molar refractivity (Wildman–Crippen MR) is 123 cm³/mol. The number of carbonyl (C=O) groups excluding carboxylic acids is 1. The molecular formula is C20H23N7O3S2. The normalized spacial score (nSPS) is 14.1. The van der Waals surface area contributed by atoms with Gasteiger partial charge in [-0.1, -0.05) is 0 Å². The fourth-order valence-corrected chi connectivity index (χ4v) is 4.26. The van der Waals surface area contributed by atoms with Crippen LogP contribution in [0.4, 0.5) is 5.82 Å². The molecule has 3 aromatic heterocycles. The number of carbonyl (C=O) groups is 1. The molecule has 0 aromatic carbocycles. The summed E-state index contributed by atoms with van der Waals surface area (Å²) in [5.74, 6) is 0.807. The van der Waals surface area contributed by atoms with Crippen LogP contribution in [0, 0.1) is 0 Å². The van der Waals surface area contributed by atoms with Gasteiger partial charge in [0.2, 0.25) is 5.88 Å². The van der Waals surface area contributed by atoms with Gasteiger partial charge >= 0.3 is 0 Å². The molecule has 4 rings (SSSR count). The molecule has 0 bridgehead atoms. The van der Waals surface area contributed by atoms with Crippen molar-refractivity contribution in [2.75, 3.05) is 25.0 Å². The standard InChI is InChI=1S/C20H23N7O3S2/c1-3-30-18-9-21-7-14(25-18)16-8-22-20(31-16)19(28)26-15(10-29-2)13-6-17(24-11-23-13)27-32-12-4-5-12/h6-9,11-12,15H,3-5,10H2,1-2H3,(H,26,28)(H,23,24,27). The first-order valence-corrected chi connectivity index (χ1v) is 11.8. The molecule has 1 unspecified atom stereocenters. The molecule has 1 aliphatic rings. The van der Waals surface area contributed by atoms with Crippen LogP contribution in [-0.2, 0) is 4.74 Å². The van der Waals surface area contributed by atoms with Gasteiger partial charge in [0.05, 0.1) is 42.2 Å². The minimum atomic E-state index is -0.449. The van der Waals surface area contributed by atoms with Gasteiger partial charge in [-0.3, -0.25) is 9.78 Å². The fourth-order valence-electron chi connectivity index (χ4n) is 2.72. The lowest BCUT2D eigenvalue weighted by molar-refractivity contribution is 0.0894. The van der Waals surface area contributed by atoms with E-state index in [0.717, 1.165) is 4.88 Å². The molecule has 168 valence electrons. The third-order valence-corrected chi connectivity index (χ3v) is 6.55.